The van der Waals surface area contributed by atoms with Gasteiger partial charge in [0.05, 0.1) is 6.33 Å². The van der Waals surface area contributed by atoms with E-state index >= 15 is 0 Å². The number of nitrogens with two attached hydrogens (primary N) is 1. The van der Waals surface area contributed by atoms with Gasteiger partial charge in [0, 0.05) is 6.42 Å². The molecule has 1 aromatic heterocycles. The Balaban J connectivity index is 2.11. The predicted molar refractivity (Wildman–Crippen MR) is 81.2 cm³/mol. The molecule has 0 aromatic carbocycles. The summed E-state index contributed by atoms with van der Waals surface area (Å²) in [5.74, 6) is 5.45. The van der Waals surface area contributed by atoms with Gasteiger partial charge in [-0.1, -0.05) is 57.8 Å². The Kier molecular flexibility index (Phi) is 8.21. The van der Waals surface area contributed by atoms with Crippen molar-refractivity contribution in [2.45, 2.75) is 64.7 Å². The average Bonchev–Trinajstić information content (AvgIpc) is 2.89. The number of hydrogen-bond donors (Lipinski definition) is 2. The number of hydrogen-bond acceptors (Lipinski definition) is 2. The second kappa shape index (κ2) is 10.1. The maximum absolute atomic E-state index is 11.0. The molecule has 0 fully saturated rings. The van der Waals surface area contributed by atoms with Gasteiger partial charge in [-0.2, -0.15) is 0 Å². The summed E-state index contributed by atoms with van der Waals surface area (Å²) in [6.45, 7) is 2.24. The van der Waals surface area contributed by atoms with Crippen molar-refractivity contribution in [3.05, 3.63) is 17.7 Å². The molecule has 0 radical (unpaired) electrons. The number of H-pyrrole nitrogens is 1. The van der Waals surface area contributed by atoms with Gasteiger partial charge in [0.25, 0.3) is 5.91 Å². The van der Waals surface area contributed by atoms with Gasteiger partial charge in [0.1, 0.15) is 5.69 Å². The van der Waals surface area contributed by atoms with Gasteiger partial charge in [0.15, 0.2) is 5.69 Å². The third kappa shape index (κ3) is 6.42. The van der Waals surface area contributed by atoms with E-state index in [9.17, 15) is 4.79 Å². The monoisotopic (exact) mass is 275 g/mol. The number of imidazole rings is 1. The fourth-order valence-electron chi connectivity index (χ4n) is 2.07. The Hall–Kier alpha value is -1.76. The van der Waals surface area contributed by atoms with Crippen LogP contribution in [-0.4, -0.2) is 15.9 Å². The number of amides is 1. The van der Waals surface area contributed by atoms with Crippen LogP contribution in [-0.2, 0) is 0 Å². The van der Waals surface area contributed by atoms with Crippen molar-refractivity contribution < 1.29 is 4.79 Å². The second-order valence-electron chi connectivity index (χ2n) is 5.02. The molecule has 1 heterocycles. The maximum atomic E-state index is 11.0. The quantitative estimate of drug-likeness (QED) is 0.535. The Labute approximate surface area is 121 Å². The summed E-state index contributed by atoms with van der Waals surface area (Å²) in [5, 5.41) is 0. The van der Waals surface area contributed by atoms with Crippen LogP contribution >= 0.6 is 0 Å². The lowest BCUT2D eigenvalue weighted by molar-refractivity contribution is 0.0996. The minimum absolute atomic E-state index is 0.230. The number of nitrogens with one attached hydrogen (secondary N) is 1. The molecule has 1 aromatic rings. The molecule has 0 aliphatic heterocycles. The van der Waals surface area contributed by atoms with Crippen LogP contribution in [0.5, 0.6) is 0 Å². The Morgan fingerprint density at radius 3 is 2.50 bits per heavy atom. The van der Waals surface area contributed by atoms with Crippen molar-refractivity contribution in [2.75, 3.05) is 0 Å². The van der Waals surface area contributed by atoms with Crippen molar-refractivity contribution in [2.24, 2.45) is 5.73 Å². The molecule has 0 bridgehead atoms. The molecule has 4 nitrogen and oxygen atoms in total. The average molecular weight is 275 g/mol. The largest absolute Gasteiger partial charge is 0.364 e. The molecule has 0 spiro atoms. The lowest BCUT2D eigenvalue weighted by Gasteiger charge is -1.99. The van der Waals surface area contributed by atoms with Crippen LogP contribution < -0.4 is 5.73 Å². The van der Waals surface area contributed by atoms with Gasteiger partial charge in [-0.15, -0.1) is 0 Å². The molecule has 0 saturated heterocycles. The molecule has 0 atom stereocenters. The molecule has 0 unspecified atom stereocenters. The van der Waals surface area contributed by atoms with E-state index in [1.165, 1.54) is 51.3 Å². The number of aromatic amines is 1. The number of nitrogens with zero attached hydrogens (tertiary/aromatic N) is 1. The predicted octanol–water partition coefficient (Wildman–Crippen LogP) is 3.39. The van der Waals surface area contributed by atoms with Crippen molar-refractivity contribution >= 4 is 5.91 Å². The van der Waals surface area contributed by atoms with E-state index in [1.54, 1.807) is 0 Å². The highest BCUT2D eigenvalue weighted by molar-refractivity contribution is 5.92. The number of carbonyl (C=O) groups excluding carboxylic acids is 1. The van der Waals surface area contributed by atoms with Crippen LogP contribution in [0.3, 0.4) is 0 Å². The normalized spacial score (nSPS) is 10.1. The van der Waals surface area contributed by atoms with E-state index in [0.717, 1.165) is 12.8 Å². The van der Waals surface area contributed by atoms with E-state index in [1.807, 2.05) is 0 Å². The Bertz CT molecular complexity index is 454. The highest BCUT2D eigenvalue weighted by atomic mass is 16.1. The molecule has 3 N–H and O–H groups in total. The highest BCUT2D eigenvalue weighted by Crippen LogP contribution is 2.09. The minimum atomic E-state index is -0.539. The van der Waals surface area contributed by atoms with Gasteiger partial charge < -0.3 is 10.7 Å². The summed E-state index contributed by atoms with van der Waals surface area (Å²) in [6, 6.07) is 0. The number of aromatic nitrogens is 2. The molecular formula is C16H25N3O. The highest BCUT2D eigenvalue weighted by Gasteiger charge is 2.07. The summed E-state index contributed by atoms with van der Waals surface area (Å²) in [4.78, 5) is 17.7. The zero-order valence-corrected chi connectivity index (χ0v) is 12.4. The summed E-state index contributed by atoms with van der Waals surface area (Å²) < 4.78 is 0. The number of carbonyl (C=O) groups is 1. The van der Waals surface area contributed by atoms with Crippen molar-refractivity contribution in [3.8, 4) is 11.8 Å². The fourth-order valence-corrected chi connectivity index (χ4v) is 2.07. The standard InChI is InChI=1S/C16H25N3O/c1-2-3-4-5-6-7-8-9-10-11-12-14-15(16(17)20)19-13-18-14/h13H,2-10H2,1H3,(H2,17,20)(H,18,19). The molecule has 1 amide bonds. The first-order valence-electron chi connectivity index (χ1n) is 7.57. The zero-order valence-electron chi connectivity index (χ0n) is 12.4. The molecule has 0 saturated carbocycles. The van der Waals surface area contributed by atoms with Gasteiger partial charge in [-0.3, -0.25) is 4.79 Å². The van der Waals surface area contributed by atoms with Gasteiger partial charge >= 0.3 is 0 Å². The first-order chi connectivity index (χ1) is 9.75. The molecular weight excluding hydrogens is 250 g/mol. The van der Waals surface area contributed by atoms with Crippen LogP contribution in [0.15, 0.2) is 6.33 Å². The van der Waals surface area contributed by atoms with Crippen LogP contribution in [0.2, 0.25) is 0 Å². The van der Waals surface area contributed by atoms with Gasteiger partial charge in [-0.05, 0) is 12.3 Å². The minimum Gasteiger partial charge on any atom is -0.364 e. The van der Waals surface area contributed by atoms with Crippen LogP contribution in [0.4, 0.5) is 0 Å². The van der Waals surface area contributed by atoms with E-state index in [0.29, 0.717) is 5.69 Å². The number of primary amides is 1. The van der Waals surface area contributed by atoms with E-state index in [4.69, 9.17) is 5.73 Å². The van der Waals surface area contributed by atoms with Crippen molar-refractivity contribution in [1.29, 1.82) is 0 Å². The SMILES string of the molecule is CCCCCCCCCCC#Cc1[nH]cnc1C(N)=O. The molecule has 4 heteroatoms. The fraction of sp³-hybridized carbons (Fsp3) is 0.625. The lowest BCUT2D eigenvalue weighted by atomic mass is 10.1. The topological polar surface area (TPSA) is 71.8 Å². The Morgan fingerprint density at radius 1 is 1.20 bits per heavy atom. The maximum Gasteiger partial charge on any atom is 0.270 e. The van der Waals surface area contributed by atoms with Gasteiger partial charge in [-0.25, -0.2) is 4.98 Å². The molecule has 110 valence electrons. The van der Waals surface area contributed by atoms with E-state index < -0.39 is 5.91 Å². The zero-order chi connectivity index (χ0) is 14.6. The second-order valence-corrected chi connectivity index (χ2v) is 5.02. The summed E-state index contributed by atoms with van der Waals surface area (Å²) in [5.41, 5.74) is 5.94. The Morgan fingerprint density at radius 2 is 1.85 bits per heavy atom. The van der Waals surface area contributed by atoms with E-state index in [2.05, 4.69) is 28.7 Å². The van der Waals surface area contributed by atoms with Crippen LogP contribution in [0.25, 0.3) is 0 Å². The third-order valence-electron chi connectivity index (χ3n) is 3.24. The summed E-state index contributed by atoms with van der Waals surface area (Å²) >= 11 is 0. The molecule has 0 aliphatic carbocycles. The number of rotatable bonds is 9. The smallest absolute Gasteiger partial charge is 0.270 e. The van der Waals surface area contributed by atoms with E-state index in [-0.39, 0.29) is 5.69 Å². The third-order valence-corrected chi connectivity index (χ3v) is 3.24. The van der Waals surface area contributed by atoms with Crippen LogP contribution in [0, 0.1) is 11.8 Å². The molecule has 1 rings (SSSR count). The van der Waals surface area contributed by atoms with Gasteiger partial charge in [0.2, 0.25) is 0 Å². The lowest BCUT2D eigenvalue weighted by Crippen LogP contribution is -2.12. The van der Waals surface area contributed by atoms with Crippen molar-refractivity contribution in [1.82, 2.24) is 9.97 Å². The first kappa shape index (κ1) is 16.3. The number of unbranched alkanes of at least 4 members (excludes halogenated alkanes) is 8. The summed E-state index contributed by atoms with van der Waals surface area (Å²) in [6.07, 6.45) is 12.7. The van der Waals surface area contributed by atoms with Crippen LogP contribution in [0.1, 0.15) is 80.9 Å². The molecule has 0 aliphatic rings. The summed E-state index contributed by atoms with van der Waals surface area (Å²) in [7, 11) is 0. The molecule has 20 heavy (non-hydrogen) atoms. The first-order valence-corrected chi connectivity index (χ1v) is 7.57. The van der Waals surface area contributed by atoms with Crippen molar-refractivity contribution in [3.63, 3.8) is 0 Å².